The number of hydrogen-bond donors (Lipinski definition) is 1. The van der Waals surface area contributed by atoms with Crippen LogP contribution in [0.2, 0.25) is 5.02 Å². The molecule has 1 atom stereocenters. The number of sulfonamides is 1. The lowest BCUT2D eigenvalue weighted by Gasteiger charge is -2.32. The Morgan fingerprint density at radius 3 is 2.30 bits per heavy atom. The number of carbonyl (C=O) groups is 2. The summed E-state index contributed by atoms with van der Waals surface area (Å²) < 4.78 is 69.6. The van der Waals surface area contributed by atoms with Crippen LogP contribution in [0.5, 0.6) is 0 Å². The Morgan fingerprint density at radius 2 is 1.67 bits per heavy atom. The van der Waals surface area contributed by atoms with E-state index in [0.717, 1.165) is 43.4 Å². The molecule has 3 aromatic rings. The molecule has 12 heteroatoms. The fourth-order valence-electron chi connectivity index (χ4n) is 5.12. The summed E-state index contributed by atoms with van der Waals surface area (Å²) in [6, 6.07) is 16.1. The number of amides is 2. The summed E-state index contributed by atoms with van der Waals surface area (Å²) in [6.07, 6.45) is -1.25. The molecule has 230 valence electrons. The van der Waals surface area contributed by atoms with E-state index in [1.54, 1.807) is 25.1 Å². The number of carbonyl (C=O) groups excluding carboxylic acids is 2. The van der Waals surface area contributed by atoms with Gasteiger partial charge in [-0.1, -0.05) is 72.5 Å². The molecule has 0 saturated heterocycles. The minimum Gasteiger partial charge on any atom is -0.352 e. The molecule has 43 heavy (non-hydrogen) atoms. The molecule has 2 amide bonds. The van der Waals surface area contributed by atoms with Crippen molar-refractivity contribution in [3.63, 3.8) is 0 Å². The van der Waals surface area contributed by atoms with Crippen molar-refractivity contribution < 1.29 is 31.2 Å². The molecule has 1 N–H and O–H groups in total. The molecule has 1 aliphatic carbocycles. The van der Waals surface area contributed by atoms with E-state index >= 15 is 0 Å². The number of halogens is 4. The van der Waals surface area contributed by atoms with E-state index in [4.69, 9.17) is 11.6 Å². The Balaban J connectivity index is 1.75. The van der Waals surface area contributed by atoms with Gasteiger partial charge in [-0.2, -0.15) is 13.2 Å². The maximum absolute atomic E-state index is 14.0. The van der Waals surface area contributed by atoms with Crippen molar-refractivity contribution in [3.05, 3.63) is 94.5 Å². The van der Waals surface area contributed by atoms with Gasteiger partial charge in [0.1, 0.15) is 12.6 Å². The molecule has 0 unspecified atom stereocenters. The third kappa shape index (κ3) is 7.88. The average Bonchev–Trinajstić information content (AvgIpc) is 3.47. The van der Waals surface area contributed by atoms with Crippen molar-refractivity contribution in [1.29, 1.82) is 0 Å². The van der Waals surface area contributed by atoms with Crippen LogP contribution in [0.3, 0.4) is 0 Å². The highest BCUT2D eigenvalue weighted by molar-refractivity contribution is 7.92. The van der Waals surface area contributed by atoms with Gasteiger partial charge in [0.2, 0.25) is 11.8 Å². The number of alkyl halides is 3. The first-order valence-electron chi connectivity index (χ1n) is 13.9. The van der Waals surface area contributed by atoms with Gasteiger partial charge in [0.05, 0.1) is 21.2 Å². The first-order chi connectivity index (χ1) is 20.3. The smallest absolute Gasteiger partial charge is 0.352 e. The zero-order valence-corrected chi connectivity index (χ0v) is 25.3. The highest BCUT2D eigenvalue weighted by atomic mass is 35.5. The van der Waals surface area contributed by atoms with Gasteiger partial charge in [-0.05, 0) is 62.6 Å². The second kappa shape index (κ2) is 13.4. The zero-order valence-electron chi connectivity index (χ0n) is 23.8. The predicted octanol–water partition coefficient (Wildman–Crippen LogP) is 6.34. The maximum Gasteiger partial charge on any atom is 0.417 e. The van der Waals surface area contributed by atoms with E-state index in [0.29, 0.717) is 15.9 Å². The summed E-state index contributed by atoms with van der Waals surface area (Å²) in [4.78, 5) is 28.3. The zero-order chi connectivity index (χ0) is 31.4. The number of anilines is 1. The van der Waals surface area contributed by atoms with E-state index in [9.17, 15) is 31.2 Å². The molecule has 0 spiro atoms. The molecular weight excluding hydrogens is 603 g/mol. The summed E-state index contributed by atoms with van der Waals surface area (Å²) >= 11 is 5.81. The Morgan fingerprint density at radius 1 is 1.00 bits per heavy atom. The van der Waals surface area contributed by atoms with Crippen LogP contribution in [0.4, 0.5) is 18.9 Å². The molecule has 0 bridgehead atoms. The molecule has 3 aromatic carbocycles. The molecule has 1 fully saturated rings. The number of rotatable bonds is 10. The van der Waals surface area contributed by atoms with Gasteiger partial charge >= 0.3 is 6.18 Å². The second-order valence-electron chi connectivity index (χ2n) is 10.7. The van der Waals surface area contributed by atoms with E-state index in [1.165, 1.54) is 29.2 Å². The van der Waals surface area contributed by atoms with E-state index < -0.39 is 56.9 Å². The van der Waals surface area contributed by atoms with Crippen LogP contribution in [0, 0.1) is 6.92 Å². The SMILES string of the molecule is Cc1cccc(CN(C(=O)CN(c2ccc(Cl)c(C(F)(F)F)c2)S(=O)(=O)c2ccccc2)[C@@H](C)C(=O)NC2CCCC2)c1. The summed E-state index contributed by atoms with van der Waals surface area (Å²) in [7, 11) is -4.53. The van der Waals surface area contributed by atoms with Crippen molar-refractivity contribution in [2.45, 2.75) is 69.2 Å². The molecule has 0 aromatic heterocycles. The van der Waals surface area contributed by atoms with Gasteiger partial charge in [0.25, 0.3) is 10.0 Å². The highest BCUT2D eigenvalue weighted by Crippen LogP contribution is 2.38. The number of aryl methyl sites for hydroxylation is 1. The molecule has 7 nitrogen and oxygen atoms in total. The van der Waals surface area contributed by atoms with Gasteiger partial charge in [-0.25, -0.2) is 8.42 Å². The third-order valence-corrected chi connectivity index (χ3v) is 9.58. The van der Waals surface area contributed by atoms with Crippen LogP contribution in [0.25, 0.3) is 0 Å². The minimum atomic E-state index is -4.87. The monoisotopic (exact) mass is 635 g/mol. The van der Waals surface area contributed by atoms with Crippen LogP contribution in [0.1, 0.15) is 49.3 Å². The Hall–Kier alpha value is -3.57. The first-order valence-corrected chi connectivity index (χ1v) is 15.7. The van der Waals surface area contributed by atoms with Crippen molar-refractivity contribution in [1.82, 2.24) is 10.2 Å². The Bertz CT molecular complexity index is 1560. The van der Waals surface area contributed by atoms with Gasteiger partial charge in [0.15, 0.2) is 0 Å². The van der Waals surface area contributed by atoms with Crippen LogP contribution in [-0.2, 0) is 32.3 Å². The summed E-state index contributed by atoms with van der Waals surface area (Å²) in [5, 5.41) is 2.37. The largest absolute Gasteiger partial charge is 0.417 e. The van der Waals surface area contributed by atoms with Crippen LogP contribution < -0.4 is 9.62 Å². The molecule has 0 aliphatic heterocycles. The normalized spacial score (nSPS) is 14.7. The lowest BCUT2D eigenvalue weighted by molar-refractivity contribution is -0.139. The molecule has 0 heterocycles. The topological polar surface area (TPSA) is 86.8 Å². The van der Waals surface area contributed by atoms with Crippen molar-refractivity contribution >= 4 is 39.1 Å². The van der Waals surface area contributed by atoms with Gasteiger partial charge in [-0.3, -0.25) is 13.9 Å². The summed E-state index contributed by atoms with van der Waals surface area (Å²) in [5.74, 6) is -1.16. The first kappa shape index (κ1) is 32.3. The summed E-state index contributed by atoms with van der Waals surface area (Å²) in [5.41, 5.74) is -0.0138. The fourth-order valence-corrected chi connectivity index (χ4v) is 6.77. The predicted molar refractivity (Wildman–Crippen MR) is 159 cm³/mol. The lowest BCUT2D eigenvalue weighted by Crippen LogP contribution is -2.52. The average molecular weight is 636 g/mol. The third-order valence-electron chi connectivity index (χ3n) is 7.46. The van der Waals surface area contributed by atoms with Crippen LogP contribution in [-0.4, -0.2) is 43.8 Å². The van der Waals surface area contributed by atoms with E-state index in [1.807, 2.05) is 19.1 Å². The summed E-state index contributed by atoms with van der Waals surface area (Å²) in [6.45, 7) is 2.55. The van der Waals surface area contributed by atoms with Crippen molar-refractivity contribution in [2.75, 3.05) is 10.8 Å². The number of nitrogens with zero attached hydrogens (tertiary/aromatic N) is 2. The van der Waals surface area contributed by atoms with Gasteiger partial charge in [-0.15, -0.1) is 0 Å². The van der Waals surface area contributed by atoms with Gasteiger partial charge in [0, 0.05) is 12.6 Å². The Kier molecular flexibility index (Phi) is 10.1. The second-order valence-corrected chi connectivity index (χ2v) is 12.9. The van der Waals surface area contributed by atoms with Crippen molar-refractivity contribution in [2.24, 2.45) is 0 Å². The number of benzene rings is 3. The lowest BCUT2D eigenvalue weighted by atomic mass is 10.1. The Labute approximate surface area is 254 Å². The molecule has 1 saturated carbocycles. The highest BCUT2D eigenvalue weighted by Gasteiger charge is 2.37. The minimum absolute atomic E-state index is 0.0179. The standard InChI is InChI=1S/C31H33ClF3N3O4S/c1-21-9-8-10-23(17-21)19-37(22(2)30(40)36-24-11-6-7-12-24)29(39)20-38(43(41,42)26-13-4-3-5-14-26)25-15-16-28(32)27(18-25)31(33,34)35/h3-5,8-10,13-18,22,24H,6-7,11-12,19-20H2,1-2H3,(H,36,40)/t22-/m0/s1. The molecular formula is C31H33ClF3N3O4S. The number of nitrogens with one attached hydrogen (secondary N) is 1. The maximum atomic E-state index is 14.0. The number of hydrogen-bond acceptors (Lipinski definition) is 4. The van der Waals surface area contributed by atoms with E-state index in [2.05, 4.69) is 5.32 Å². The van der Waals surface area contributed by atoms with Crippen molar-refractivity contribution in [3.8, 4) is 0 Å². The van der Waals surface area contributed by atoms with Gasteiger partial charge < -0.3 is 10.2 Å². The van der Waals surface area contributed by atoms with E-state index in [-0.39, 0.29) is 17.5 Å². The molecule has 4 rings (SSSR count). The fraction of sp³-hybridized carbons (Fsp3) is 0.355. The molecule has 1 aliphatic rings. The quantitative estimate of drug-likeness (QED) is 0.282. The molecule has 0 radical (unpaired) electrons. The van der Waals surface area contributed by atoms with Crippen LogP contribution >= 0.6 is 11.6 Å². The van der Waals surface area contributed by atoms with Crippen LogP contribution in [0.15, 0.2) is 77.7 Å².